The van der Waals surface area contributed by atoms with Crippen molar-refractivity contribution in [2.45, 2.75) is 40.0 Å². The summed E-state index contributed by atoms with van der Waals surface area (Å²) in [5, 5.41) is 5.90. The maximum Gasteiger partial charge on any atom is 0.221 e. The van der Waals surface area contributed by atoms with Gasteiger partial charge in [0, 0.05) is 31.5 Å². The standard InChI is InChI=1S/C13H23N5O/c1-4-6-10-17-12(14)9(3)13(18-10)16-8-7-11(19)15-5-2/h4-8H2,1-3H3,(H,15,19)(H3,14,16,17,18). The minimum Gasteiger partial charge on any atom is -0.383 e. The van der Waals surface area contributed by atoms with E-state index in [1.807, 2.05) is 13.8 Å². The van der Waals surface area contributed by atoms with Crippen LogP contribution in [0, 0.1) is 6.92 Å². The van der Waals surface area contributed by atoms with Gasteiger partial charge >= 0.3 is 0 Å². The monoisotopic (exact) mass is 265 g/mol. The highest BCUT2D eigenvalue weighted by atomic mass is 16.1. The van der Waals surface area contributed by atoms with Gasteiger partial charge in [-0.1, -0.05) is 6.92 Å². The Kier molecular flexibility index (Phi) is 6.05. The molecule has 19 heavy (non-hydrogen) atoms. The number of nitrogens with zero attached hydrogens (tertiary/aromatic N) is 2. The lowest BCUT2D eigenvalue weighted by Gasteiger charge is -2.11. The van der Waals surface area contributed by atoms with Crippen molar-refractivity contribution < 1.29 is 4.79 Å². The molecule has 1 rings (SSSR count). The van der Waals surface area contributed by atoms with Gasteiger partial charge in [0.15, 0.2) is 0 Å². The van der Waals surface area contributed by atoms with Crippen LogP contribution in [0.2, 0.25) is 0 Å². The van der Waals surface area contributed by atoms with E-state index in [9.17, 15) is 4.79 Å². The third kappa shape index (κ3) is 4.73. The highest BCUT2D eigenvalue weighted by molar-refractivity contribution is 5.76. The van der Waals surface area contributed by atoms with Gasteiger partial charge in [-0.05, 0) is 20.3 Å². The largest absolute Gasteiger partial charge is 0.383 e. The van der Waals surface area contributed by atoms with Crippen LogP contribution < -0.4 is 16.4 Å². The van der Waals surface area contributed by atoms with Crippen LogP contribution in [0.5, 0.6) is 0 Å². The fourth-order valence-corrected chi connectivity index (χ4v) is 1.67. The fourth-order valence-electron chi connectivity index (χ4n) is 1.67. The van der Waals surface area contributed by atoms with Crippen molar-refractivity contribution in [2.24, 2.45) is 0 Å². The fraction of sp³-hybridized carbons (Fsp3) is 0.615. The van der Waals surface area contributed by atoms with Gasteiger partial charge in [-0.25, -0.2) is 9.97 Å². The first-order valence-corrected chi connectivity index (χ1v) is 6.72. The zero-order valence-electron chi connectivity index (χ0n) is 11.9. The Morgan fingerprint density at radius 2 is 2.05 bits per heavy atom. The first-order chi connectivity index (χ1) is 9.08. The second-order valence-corrected chi connectivity index (χ2v) is 4.38. The molecule has 0 aliphatic rings. The smallest absolute Gasteiger partial charge is 0.221 e. The van der Waals surface area contributed by atoms with Gasteiger partial charge in [0.05, 0.1) is 0 Å². The molecular formula is C13H23N5O. The Balaban J connectivity index is 2.64. The van der Waals surface area contributed by atoms with Crippen molar-refractivity contribution >= 4 is 17.5 Å². The van der Waals surface area contributed by atoms with E-state index >= 15 is 0 Å². The predicted octanol–water partition coefficient (Wildman–Crippen LogP) is 1.26. The molecule has 0 saturated carbocycles. The Morgan fingerprint density at radius 3 is 2.68 bits per heavy atom. The Morgan fingerprint density at radius 1 is 1.32 bits per heavy atom. The third-order valence-corrected chi connectivity index (χ3v) is 2.72. The van der Waals surface area contributed by atoms with E-state index in [2.05, 4.69) is 27.5 Å². The number of hydrogen-bond donors (Lipinski definition) is 3. The maximum atomic E-state index is 11.3. The molecule has 0 unspecified atom stereocenters. The molecule has 0 bridgehead atoms. The van der Waals surface area contributed by atoms with Crippen molar-refractivity contribution in [3.63, 3.8) is 0 Å². The van der Waals surface area contributed by atoms with E-state index in [0.717, 1.165) is 30.0 Å². The first kappa shape index (κ1) is 15.2. The van der Waals surface area contributed by atoms with E-state index < -0.39 is 0 Å². The van der Waals surface area contributed by atoms with Crippen LogP contribution in [0.15, 0.2) is 0 Å². The molecule has 0 spiro atoms. The van der Waals surface area contributed by atoms with Gasteiger partial charge in [0.1, 0.15) is 17.5 Å². The van der Waals surface area contributed by atoms with Gasteiger partial charge < -0.3 is 16.4 Å². The quantitative estimate of drug-likeness (QED) is 0.690. The van der Waals surface area contributed by atoms with Gasteiger partial charge in [0.2, 0.25) is 5.91 Å². The summed E-state index contributed by atoms with van der Waals surface area (Å²) >= 11 is 0. The van der Waals surface area contributed by atoms with E-state index in [-0.39, 0.29) is 5.91 Å². The van der Waals surface area contributed by atoms with Gasteiger partial charge in [-0.3, -0.25) is 4.79 Å². The summed E-state index contributed by atoms with van der Waals surface area (Å²) in [4.78, 5) is 20.0. The molecule has 1 heterocycles. The van der Waals surface area contributed by atoms with E-state index in [1.54, 1.807) is 0 Å². The number of nitrogens with two attached hydrogens (primary N) is 1. The van der Waals surface area contributed by atoms with Crippen LogP contribution >= 0.6 is 0 Å². The summed E-state index contributed by atoms with van der Waals surface area (Å²) in [5.74, 6) is 1.99. The van der Waals surface area contributed by atoms with Crippen LogP contribution in [0.25, 0.3) is 0 Å². The van der Waals surface area contributed by atoms with Crippen LogP contribution in [0.4, 0.5) is 11.6 Å². The number of amides is 1. The molecule has 0 fully saturated rings. The summed E-state index contributed by atoms with van der Waals surface area (Å²) in [5.41, 5.74) is 6.69. The van der Waals surface area contributed by atoms with Gasteiger partial charge in [-0.2, -0.15) is 0 Å². The minimum atomic E-state index is 0.0310. The predicted molar refractivity (Wildman–Crippen MR) is 77.0 cm³/mol. The summed E-state index contributed by atoms with van der Waals surface area (Å²) in [7, 11) is 0. The molecule has 106 valence electrons. The number of hydrogen-bond acceptors (Lipinski definition) is 5. The van der Waals surface area contributed by atoms with Crippen molar-refractivity contribution in [3.8, 4) is 0 Å². The van der Waals surface area contributed by atoms with Crippen LogP contribution in [-0.4, -0.2) is 29.0 Å². The lowest BCUT2D eigenvalue weighted by atomic mass is 10.2. The first-order valence-electron chi connectivity index (χ1n) is 6.72. The maximum absolute atomic E-state index is 11.3. The lowest BCUT2D eigenvalue weighted by Crippen LogP contribution is -2.25. The van der Waals surface area contributed by atoms with E-state index in [4.69, 9.17) is 5.73 Å². The number of carbonyl (C=O) groups is 1. The average molecular weight is 265 g/mol. The molecule has 0 aliphatic carbocycles. The van der Waals surface area contributed by atoms with Gasteiger partial charge in [0.25, 0.3) is 0 Å². The zero-order valence-corrected chi connectivity index (χ0v) is 11.9. The molecule has 6 heteroatoms. The summed E-state index contributed by atoms with van der Waals surface area (Å²) < 4.78 is 0. The molecule has 0 atom stereocenters. The number of aromatic nitrogens is 2. The van der Waals surface area contributed by atoms with Crippen LogP contribution in [0.3, 0.4) is 0 Å². The number of aryl methyl sites for hydroxylation is 1. The normalized spacial score (nSPS) is 10.3. The highest BCUT2D eigenvalue weighted by Gasteiger charge is 2.08. The molecule has 4 N–H and O–H groups in total. The Bertz CT molecular complexity index is 433. The van der Waals surface area contributed by atoms with E-state index in [1.165, 1.54) is 0 Å². The average Bonchev–Trinajstić information content (AvgIpc) is 2.35. The van der Waals surface area contributed by atoms with E-state index in [0.29, 0.717) is 25.3 Å². The molecule has 0 aromatic carbocycles. The number of nitrogens with one attached hydrogen (secondary N) is 2. The van der Waals surface area contributed by atoms with Crippen molar-refractivity contribution in [3.05, 3.63) is 11.4 Å². The van der Waals surface area contributed by atoms with Crippen LogP contribution in [-0.2, 0) is 11.2 Å². The molecule has 1 aromatic rings. The molecule has 0 aliphatic heterocycles. The molecule has 6 nitrogen and oxygen atoms in total. The Labute approximate surface area is 114 Å². The minimum absolute atomic E-state index is 0.0310. The van der Waals surface area contributed by atoms with Crippen molar-refractivity contribution in [1.82, 2.24) is 15.3 Å². The molecule has 0 saturated heterocycles. The van der Waals surface area contributed by atoms with Crippen molar-refractivity contribution in [2.75, 3.05) is 24.1 Å². The van der Waals surface area contributed by atoms with Crippen LogP contribution in [0.1, 0.15) is 38.1 Å². The highest BCUT2D eigenvalue weighted by Crippen LogP contribution is 2.17. The number of rotatable bonds is 7. The SMILES string of the molecule is CCCc1nc(N)c(C)c(NCCC(=O)NCC)n1. The second-order valence-electron chi connectivity index (χ2n) is 4.38. The molecule has 0 radical (unpaired) electrons. The number of nitrogen functional groups attached to an aromatic ring is 1. The second kappa shape index (κ2) is 7.56. The zero-order chi connectivity index (χ0) is 14.3. The molecule has 1 amide bonds. The van der Waals surface area contributed by atoms with Crippen molar-refractivity contribution in [1.29, 1.82) is 0 Å². The van der Waals surface area contributed by atoms with Gasteiger partial charge in [-0.15, -0.1) is 0 Å². The third-order valence-electron chi connectivity index (χ3n) is 2.72. The summed E-state index contributed by atoms with van der Waals surface area (Å²) in [6.07, 6.45) is 2.19. The number of anilines is 2. The summed E-state index contributed by atoms with van der Waals surface area (Å²) in [6, 6.07) is 0. The molecular weight excluding hydrogens is 242 g/mol. The lowest BCUT2D eigenvalue weighted by molar-refractivity contribution is -0.120. The number of carbonyl (C=O) groups excluding carboxylic acids is 1. The molecule has 1 aromatic heterocycles. The Hall–Kier alpha value is -1.85. The summed E-state index contributed by atoms with van der Waals surface area (Å²) in [6.45, 7) is 7.03. The topological polar surface area (TPSA) is 92.9 Å².